The Morgan fingerprint density at radius 2 is 2.00 bits per heavy atom. The Kier molecular flexibility index (Phi) is 7.72. The number of hydrogen-bond donors (Lipinski definition) is 2. The molecule has 1 aromatic carbocycles. The number of aldehydes is 1. The minimum Gasteiger partial charge on any atom is -0.450 e. The molecule has 2 N–H and O–H groups in total. The van der Waals surface area contributed by atoms with Crippen molar-refractivity contribution in [3.8, 4) is 0 Å². The molecule has 2 heterocycles. The van der Waals surface area contributed by atoms with E-state index in [1.54, 1.807) is 6.92 Å². The molecule has 1 aromatic rings. The number of anilines is 1. The maximum absolute atomic E-state index is 11.9. The van der Waals surface area contributed by atoms with Crippen molar-refractivity contribution in [1.82, 2.24) is 9.80 Å². The maximum Gasteiger partial charge on any atom is 0.409 e. The lowest BCUT2D eigenvalue weighted by molar-refractivity contribution is -0.113. The fourth-order valence-corrected chi connectivity index (χ4v) is 4.51. The zero-order chi connectivity index (χ0) is 21.6. The Bertz CT molecular complexity index is 720. The number of aliphatic hydroxyl groups is 1. The lowest BCUT2D eigenvalue weighted by Crippen LogP contribution is -2.41. The van der Waals surface area contributed by atoms with Gasteiger partial charge in [0.2, 0.25) is 0 Å². The Balaban J connectivity index is 1.50. The smallest absolute Gasteiger partial charge is 0.409 e. The molecular formula is C23H35N3O4. The number of nitrogens with one attached hydrogen (secondary N) is 1. The first kappa shape index (κ1) is 22.6. The van der Waals surface area contributed by atoms with Crippen LogP contribution in [0.2, 0.25) is 0 Å². The molecule has 7 nitrogen and oxygen atoms in total. The van der Waals surface area contributed by atoms with Gasteiger partial charge in [0.15, 0.2) is 0 Å². The van der Waals surface area contributed by atoms with Crippen LogP contribution in [0.1, 0.15) is 38.7 Å². The Labute approximate surface area is 179 Å². The first-order chi connectivity index (χ1) is 14.5. The zero-order valence-corrected chi connectivity index (χ0v) is 18.2. The van der Waals surface area contributed by atoms with Gasteiger partial charge >= 0.3 is 6.09 Å². The molecule has 0 radical (unpaired) electrons. The van der Waals surface area contributed by atoms with Crippen LogP contribution in [0, 0.1) is 5.92 Å². The van der Waals surface area contributed by atoms with E-state index in [0.717, 1.165) is 69.5 Å². The van der Waals surface area contributed by atoms with E-state index in [-0.39, 0.29) is 12.7 Å². The summed E-state index contributed by atoms with van der Waals surface area (Å²) in [7, 11) is 0. The highest BCUT2D eigenvalue weighted by molar-refractivity contribution is 5.73. The van der Waals surface area contributed by atoms with Gasteiger partial charge in [-0.05, 0) is 50.7 Å². The molecule has 7 heteroatoms. The molecule has 0 saturated carbocycles. The molecule has 2 saturated heterocycles. The molecule has 0 unspecified atom stereocenters. The summed E-state index contributed by atoms with van der Waals surface area (Å²) in [5, 5.41) is 13.3. The molecule has 30 heavy (non-hydrogen) atoms. The fraction of sp³-hybridized carbons (Fsp3) is 0.652. The van der Waals surface area contributed by atoms with E-state index in [0.29, 0.717) is 18.6 Å². The molecule has 0 bridgehead atoms. The highest BCUT2D eigenvalue weighted by Crippen LogP contribution is 2.30. The highest BCUT2D eigenvalue weighted by atomic mass is 16.6. The van der Waals surface area contributed by atoms with E-state index < -0.39 is 5.41 Å². The molecule has 2 atom stereocenters. The van der Waals surface area contributed by atoms with E-state index >= 15 is 0 Å². The Morgan fingerprint density at radius 1 is 1.27 bits per heavy atom. The highest BCUT2D eigenvalue weighted by Gasteiger charge is 2.31. The normalized spacial score (nSPS) is 22.5. The molecule has 0 spiro atoms. The first-order valence-corrected chi connectivity index (χ1v) is 11.1. The molecule has 2 fully saturated rings. The average molecular weight is 418 g/mol. The third kappa shape index (κ3) is 5.32. The summed E-state index contributed by atoms with van der Waals surface area (Å²) in [6, 6.07) is 8.08. The van der Waals surface area contributed by atoms with Crippen molar-refractivity contribution >= 4 is 18.1 Å². The van der Waals surface area contributed by atoms with Gasteiger partial charge in [0, 0.05) is 44.5 Å². The number of piperidine rings is 1. The summed E-state index contributed by atoms with van der Waals surface area (Å²) in [5.41, 5.74) is 0.873. The van der Waals surface area contributed by atoms with Crippen molar-refractivity contribution in [2.24, 2.45) is 5.92 Å². The predicted molar refractivity (Wildman–Crippen MR) is 117 cm³/mol. The van der Waals surface area contributed by atoms with Crippen molar-refractivity contribution < 1.29 is 19.4 Å². The van der Waals surface area contributed by atoms with Gasteiger partial charge in [0.05, 0.1) is 18.6 Å². The number of likely N-dealkylation sites (tertiary alicyclic amines) is 2. The number of benzene rings is 1. The second-order valence-electron chi connectivity index (χ2n) is 8.76. The van der Waals surface area contributed by atoms with Gasteiger partial charge in [-0.25, -0.2) is 4.79 Å². The van der Waals surface area contributed by atoms with Crippen LogP contribution in [0.5, 0.6) is 0 Å². The first-order valence-electron chi connectivity index (χ1n) is 11.1. The fourth-order valence-electron chi connectivity index (χ4n) is 4.51. The monoisotopic (exact) mass is 417 g/mol. The summed E-state index contributed by atoms with van der Waals surface area (Å²) in [6.45, 7) is 8.43. The lowest BCUT2D eigenvalue weighted by atomic mass is 9.83. The van der Waals surface area contributed by atoms with Crippen molar-refractivity contribution in [3.63, 3.8) is 0 Å². The number of para-hydroxylation sites is 1. The van der Waals surface area contributed by atoms with Gasteiger partial charge in [0.25, 0.3) is 0 Å². The van der Waals surface area contributed by atoms with Crippen LogP contribution in [0.4, 0.5) is 10.5 Å². The second-order valence-corrected chi connectivity index (χ2v) is 8.76. The molecule has 2 aliphatic rings. The van der Waals surface area contributed by atoms with Crippen LogP contribution in [-0.4, -0.2) is 79.3 Å². The van der Waals surface area contributed by atoms with E-state index in [2.05, 4.69) is 10.2 Å². The number of carbonyl (C=O) groups is 2. The van der Waals surface area contributed by atoms with Crippen LogP contribution in [0.3, 0.4) is 0 Å². The van der Waals surface area contributed by atoms with Crippen molar-refractivity contribution in [1.29, 1.82) is 0 Å². The van der Waals surface area contributed by atoms with Crippen LogP contribution in [-0.2, 0) is 14.9 Å². The Morgan fingerprint density at radius 3 is 2.67 bits per heavy atom. The molecule has 166 valence electrons. The minimum atomic E-state index is -0.894. The summed E-state index contributed by atoms with van der Waals surface area (Å²) < 4.78 is 5.10. The molecule has 3 rings (SSSR count). The van der Waals surface area contributed by atoms with Gasteiger partial charge in [0.1, 0.15) is 6.29 Å². The summed E-state index contributed by atoms with van der Waals surface area (Å²) in [5.74, 6) is 0.606. The zero-order valence-electron chi connectivity index (χ0n) is 18.2. The van der Waals surface area contributed by atoms with E-state index in [1.807, 2.05) is 36.1 Å². The van der Waals surface area contributed by atoms with Gasteiger partial charge in [-0.3, -0.25) is 0 Å². The number of carbonyl (C=O) groups excluding carboxylic acids is 2. The standard InChI is InChI=1S/C23H35N3O4/c1-3-30-22(29)26-12-8-18(9-13-26)14-25-11-10-19(15-25)24-21-7-5-4-6-20(21)23(2,16-27)17-28/h4-7,16,18-19,24,28H,3,8-15,17H2,1-2H3/t19-,23-/m0/s1. The number of nitrogens with zero attached hydrogens (tertiary/aromatic N) is 2. The van der Waals surface area contributed by atoms with Crippen LogP contribution in [0.25, 0.3) is 0 Å². The topological polar surface area (TPSA) is 82.1 Å². The van der Waals surface area contributed by atoms with Crippen molar-refractivity contribution in [2.75, 3.05) is 51.3 Å². The number of rotatable bonds is 8. The molecule has 0 aromatic heterocycles. The molecular weight excluding hydrogens is 382 g/mol. The largest absolute Gasteiger partial charge is 0.450 e. The van der Waals surface area contributed by atoms with Gasteiger partial charge in [-0.15, -0.1) is 0 Å². The summed E-state index contributed by atoms with van der Waals surface area (Å²) in [4.78, 5) is 27.8. The van der Waals surface area contributed by atoms with Crippen LogP contribution < -0.4 is 5.32 Å². The van der Waals surface area contributed by atoms with E-state index in [1.165, 1.54) is 0 Å². The average Bonchev–Trinajstić information content (AvgIpc) is 3.21. The number of amides is 1. The minimum absolute atomic E-state index is 0.190. The summed E-state index contributed by atoms with van der Waals surface area (Å²) >= 11 is 0. The quantitative estimate of drug-likeness (QED) is 0.633. The maximum atomic E-state index is 11.9. The number of aliphatic hydroxyl groups excluding tert-OH is 1. The lowest BCUT2D eigenvalue weighted by Gasteiger charge is -2.33. The van der Waals surface area contributed by atoms with E-state index in [9.17, 15) is 14.7 Å². The third-order valence-corrected chi connectivity index (χ3v) is 6.42. The SMILES string of the molecule is CCOC(=O)N1CCC(CN2CC[C@H](Nc3ccccc3[C@@](C)(C=O)CO)C2)CC1. The predicted octanol–water partition coefficient (Wildman–Crippen LogP) is 2.49. The van der Waals surface area contributed by atoms with Crippen molar-refractivity contribution in [2.45, 2.75) is 44.6 Å². The second kappa shape index (κ2) is 10.3. The Hall–Kier alpha value is -2.12. The van der Waals surface area contributed by atoms with Crippen molar-refractivity contribution in [3.05, 3.63) is 29.8 Å². The molecule has 1 amide bonds. The number of ether oxygens (including phenoxy) is 1. The third-order valence-electron chi connectivity index (χ3n) is 6.42. The van der Waals surface area contributed by atoms with Gasteiger partial charge in [-0.2, -0.15) is 0 Å². The van der Waals surface area contributed by atoms with Gasteiger partial charge in [-0.1, -0.05) is 18.2 Å². The molecule has 0 aliphatic carbocycles. The molecule has 2 aliphatic heterocycles. The summed E-state index contributed by atoms with van der Waals surface area (Å²) in [6.07, 6.45) is 3.73. The van der Waals surface area contributed by atoms with Crippen LogP contribution >= 0.6 is 0 Å². The van der Waals surface area contributed by atoms with E-state index in [4.69, 9.17) is 4.74 Å². The van der Waals surface area contributed by atoms with Crippen LogP contribution in [0.15, 0.2) is 24.3 Å². The number of hydrogen-bond acceptors (Lipinski definition) is 6. The van der Waals surface area contributed by atoms with Gasteiger partial charge < -0.3 is 29.8 Å².